The standard InChI is InChI=1S/C19H19ClN4O5/c1-12(2)22-18(25)19(26)23-21-10-14-9-15(20)5-8-17(14)29-11-13-3-6-16(7-4-13)24(27)28/h3-10,12H,11H2,1-2H3,(H,22,25)(H,23,26)/b21-10-. The molecule has 0 radical (unpaired) electrons. The quantitative estimate of drug-likeness (QED) is 0.310. The number of rotatable bonds is 7. The molecule has 0 unspecified atom stereocenters. The van der Waals surface area contributed by atoms with Crippen LogP contribution in [0.15, 0.2) is 47.6 Å². The second kappa shape index (κ2) is 10.2. The lowest BCUT2D eigenvalue weighted by atomic mass is 10.2. The van der Waals surface area contributed by atoms with Gasteiger partial charge in [-0.1, -0.05) is 11.6 Å². The normalized spacial score (nSPS) is 10.8. The van der Waals surface area contributed by atoms with Gasteiger partial charge in [0.15, 0.2) is 0 Å². The summed E-state index contributed by atoms with van der Waals surface area (Å²) >= 11 is 6.00. The van der Waals surface area contributed by atoms with E-state index in [9.17, 15) is 19.7 Å². The van der Waals surface area contributed by atoms with E-state index in [1.165, 1.54) is 18.3 Å². The number of nitro groups is 1. The van der Waals surface area contributed by atoms with E-state index in [4.69, 9.17) is 16.3 Å². The molecule has 0 aliphatic carbocycles. The lowest BCUT2D eigenvalue weighted by Crippen LogP contribution is -2.41. The van der Waals surface area contributed by atoms with Gasteiger partial charge in [0.2, 0.25) is 0 Å². The maximum absolute atomic E-state index is 11.7. The Morgan fingerprint density at radius 1 is 1.21 bits per heavy atom. The summed E-state index contributed by atoms with van der Waals surface area (Å²) in [7, 11) is 0. The lowest BCUT2D eigenvalue weighted by molar-refractivity contribution is -0.384. The number of hydrazone groups is 1. The van der Waals surface area contributed by atoms with Gasteiger partial charge in [-0.25, -0.2) is 5.43 Å². The van der Waals surface area contributed by atoms with E-state index in [-0.39, 0.29) is 18.3 Å². The molecule has 152 valence electrons. The van der Waals surface area contributed by atoms with Crippen molar-refractivity contribution in [3.63, 3.8) is 0 Å². The first-order valence-electron chi connectivity index (χ1n) is 8.56. The van der Waals surface area contributed by atoms with Gasteiger partial charge in [-0.05, 0) is 49.7 Å². The fraction of sp³-hybridized carbons (Fsp3) is 0.211. The van der Waals surface area contributed by atoms with Gasteiger partial charge in [0, 0.05) is 28.8 Å². The Labute approximate surface area is 171 Å². The number of carbonyl (C=O) groups excluding carboxylic acids is 2. The van der Waals surface area contributed by atoms with Crippen LogP contribution in [0, 0.1) is 10.1 Å². The van der Waals surface area contributed by atoms with Crippen LogP contribution in [0.5, 0.6) is 5.75 Å². The molecule has 0 fully saturated rings. The van der Waals surface area contributed by atoms with Crippen LogP contribution in [0.3, 0.4) is 0 Å². The molecule has 0 aromatic heterocycles. The Morgan fingerprint density at radius 3 is 2.52 bits per heavy atom. The summed E-state index contributed by atoms with van der Waals surface area (Å²) in [4.78, 5) is 33.4. The molecule has 0 aliphatic heterocycles. The van der Waals surface area contributed by atoms with E-state index < -0.39 is 16.7 Å². The van der Waals surface area contributed by atoms with Crippen molar-refractivity contribution in [1.82, 2.24) is 10.7 Å². The van der Waals surface area contributed by atoms with Gasteiger partial charge < -0.3 is 10.1 Å². The monoisotopic (exact) mass is 418 g/mol. The molecular weight excluding hydrogens is 400 g/mol. The Hall–Kier alpha value is -3.46. The Morgan fingerprint density at radius 2 is 1.90 bits per heavy atom. The molecule has 2 amide bonds. The van der Waals surface area contributed by atoms with Gasteiger partial charge in [-0.2, -0.15) is 5.10 Å². The molecule has 0 aliphatic rings. The molecule has 0 bridgehead atoms. The summed E-state index contributed by atoms with van der Waals surface area (Å²) in [5, 5.41) is 17.3. The maximum atomic E-state index is 11.7. The third-order valence-corrected chi connectivity index (χ3v) is 3.74. The van der Waals surface area contributed by atoms with Crippen LogP contribution in [0.2, 0.25) is 5.02 Å². The van der Waals surface area contributed by atoms with Gasteiger partial charge in [-0.15, -0.1) is 0 Å². The molecule has 2 aromatic rings. The fourth-order valence-corrected chi connectivity index (χ4v) is 2.35. The van der Waals surface area contributed by atoms with Crippen LogP contribution in [-0.2, 0) is 16.2 Å². The zero-order chi connectivity index (χ0) is 21.4. The molecule has 2 N–H and O–H groups in total. The SMILES string of the molecule is CC(C)NC(=O)C(=O)N/N=C\c1cc(Cl)ccc1OCc1ccc([N+](=O)[O-])cc1. The highest BCUT2D eigenvalue weighted by Gasteiger charge is 2.13. The molecule has 29 heavy (non-hydrogen) atoms. The Bertz CT molecular complexity index is 929. The predicted molar refractivity (Wildman–Crippen MR) is 108 cm³/mol. The highest BCUT2D eigenvalue weighted by molar-refractivity contribution is 6.35. The zero-order valence-electron chi connectivity index (χ0n) is 15.7. The molecule has 0 saturated carbocycles. The number of amides is 2. The van der Waals surface area contributed by atoms with Crippen LogP contribution >= 0.6 is 11.6 Å². The summed E-state index contributed by atoms with van der Waals surface area (Å²) in [6, 6.07) is 10.6. The first-order chi connectivity index (χ1) is 13.8. The number of benzene rings is 2. The van der Waals surface area contributed by atoms with Crippen molar-refractivity contribution in [2.45, 2.75) is 26.5 Å². The number of nitrogens with one attached hydrogen (secondary N) is 2. The highest BCUT2D eigenvalue weighted by Crippen LogP contribution is 2.23. The number of nitro benzene ring substituents is 1. The van der Waals surface area contributed by atoms with Crippen molar-refractivity contribution in [3.8, 4) is 5.75 Å². The van der Waals surface area contributed by atoms with Gasteiger partial charge in [0.1, 0.15) is 12.4 Å². The molecule has 2 rings (SSSR count). The van der Waals surface area contributed by atoms with Crippen LogP contribution in [-0.4, -0.2) is 29.0 Å². The van der Waals surface area contributed by atoms with Gasteiger partial charge in [-0.3, -0.25) is 19.7 Å². The Kier molecular flexibility index (Phi) is 7.67. The molecule has 2 aromatic carbocycles. The number of hydrogen-bond donors (Lipinski definition) is 2. The molecule has 10 heteroatoms. The third kappa shape index (κ3) is 6.89. The molecular formula is C19H19ClN4O5. The van der Waals surface area contributed by atoms with E-state index in [1.807, 2.05) is 0 Å². The van der Waals surface area contributed by atoms with Crippen molar-refractivity contribution in [2.75, 3.05) is 0 Å². The maximum Gasteiger partial charge on any atom is 0.329 e. The van der Waals surface area contributed by atoms with Crippen LogP contribution < -0.4 is 15.5 Å². The average Bonchev–Trinajstić information content (AvgIpc) is 2.67. The van der Waals surface area contributed by atoms with E-state index in [2.05, 4.69) is 15.8 Å². The number of hydrogen-bond acceptors (Lipinski definition) is 6. The van der Waals surface area contributed by atoms with Gasteiger partial charge >= 0.3 is 11.8 Å². The van der Waals surface area contributed by atoms with E-state index in [0.29, 0.717) is 16.3 Å². The smallest absolute Gasteiger partial charge is 0.329 e. The summed E-state index contributed by atoms with van der Waals surface area (Å²) in [6.07, 6.45) is 1.30. The first kappa shape index (κ1) is 21.8. The van der Waals surface area contributed by atoms with Crippen molar-refractivity contribution in [3.05, 3.63) is 68.7 Å². The topological polar surface area (TPSA) is 123 Å². The highest BCUT2D eigenvalue weighted by atomic mass is 35.5. The second-order valence-electron chi connectivity index (χ2n) is 6.22. The van der Waals surface area contributed by atoms with E-state index >= 15 is 0 Å². The predicted octanol–water partition coefficient (Wildman–Crippen LogP) is 2.80. The zero-order valence-corrected chi connectivity index (χ0v) is 16.5. The minimum Gasteiger partial charge on any atom is -0.488 e. The molecule has 0 spiro atoms. The largest absolute Gasteiger partial charge is 0.488 e. The minimum absolute atomic E-state index is 0.00897. The van der Waals surface area contributed by atoms with Crippen LogP contribution in [0.25, 0.3) is 0 Å². The van der Waals surface area contributed by atoms with Crippen molar-refractivity contribution >= 4 is 35.3 Å². The molecule has 0 saturated heterocycles. The molecule has 9 nitrogen and oxygen atoms in total. The summed E-state index contributed by atoms with van der Waals surface area (Å²) in [5.41, 5.74) is 3.33. The van der Waals surface area contributed by atoms with E-state index in [0.717, 1.165) is 5.56 Å². The summed E-state index contributed by atoms with van der Waals surface area (Å²) < 4.78 is 5.72. The van der Waals surface area contributed by atoms with Crippen LogP contribution in [0.1, 0.15) is 25.0 Å². The number of non-ortho nitro benzene ring substituents is 1. The third-order valence-electron chi connectivity index (χ3n) is 3.51. The summed E-state index contributed by atoms with van der Waals surface area (Å²) in [6.45, 7) is 3.62. The fourth-order valence-electron chi connectivity index (χ4n) is 2.17. The first-order valence-corrected chi connectivity index (χ1v) is 8.93. The summed E-state index contributed by atoms with van der Waals surface area (Å²) in [5.74, 6) is -1.26. The Balaban J connectivity index is 2.04. The number of ether oxygens (including phenoxy) is 1. The number of carbonyl (C=O) groups is 2. The molecule has 0 heterocycles. The van der Waals surface area contributed by atoms with E-state index in [1.54, 1.807) is 44.2 Å². The number of nitrogens with zero attached hydrogens (tertiary/aromatic N) is 2. The van der Waals surface area contributed by atoms with Gasteiger partial charge in [0.25, 0.3) is 5.69 Å². The number of halogens is 1. The average molecular weight is 419 g/mol. The minimum atomic E-state index is -0.898. The molecule has 0 atom stereocenters. The van der Waals surface area contributed by atoms with Crippen molar-refractivity contribution < 1.29 is 19.2 Å². The van der Waals surface area contributed by atoms with Crippen LogP contribution in [0.4, 0.5) is 5.69 Å². The van der Waals surface area contributed by atoms with Crippen molar-refractivity contribution in [1.29, 1.82) is 0 Å². The van der Waals surface area contributed by atoms with Crippen molar-refractivity contribution in [2.24, 2.45) is 5.10 Å². The second-order valence-corrected chi connectivity index (χ2v) is 6.66. The lowest BCUT2D eigenvalue weighted by Gasteiger charge is -2.10. The van der Waals surface area contributed by atoms with Gasteiger partial charge in [0.05, 0.1) is 11.1 Å².